The fraction of sp³-hybridized carbons (Fsp3) is 0.594. The van der Waals surface area contributed by atoms with Crippen molar-refractivity contribution in [2.75, 3.05) is 45.3 Å². The molecule has 0 aliphatic carbocycles. The number of nitrogens with one attached hydrogen (secondary N) is 4. The average Bonchev–Trinajstić information content (AvgIpc) is 2.98. The van der Waals surface area contributed by atoms with Gasteiger partial charge in [-0.3, -0.25) is 19.2 Å². The molecule has 0 radical (unpaired) electrons. The number of hydrogen-bond donors (Lipinski definition) is 4. The Morgan fingerprint density at radius 2 is 1.60 bits per heavy atom. The maximum atomic E-state index is 12.2. The summed E-state index contributed by atoms with van der Waals surface area (Å²) in [4.78, 5) is 59.9. The zero-order valence-corrected chi connectivity index (χ0v) is 26.2. The van der Waals surface area contributed by atoms with Gasteiger partial charge in [-0.1, -0.05) is 38.8 Å². The third kappa shape index (κ3) is 18.4. The predicted octanol–water partition coefficient (Wildman–Crippen LogP) is 4.06. The minimum Gasteiger partial charge on any atom is -0.449 e. The highest BCUT2D eigenvalue weighted by Gasteiger charge is 2.15. The number of unbranched alkanes of at least 4 members (excludes halogenated alkanes) is 1. The van der Waals surface area contributed by atoms with Crippen LogP contribution in [0.25, 0.3) is 0 Å². The largest absolute Gasteiger partial charge is 0.449 e. The summed E-state index contributed by atoms with van der Waals surface area (Å²) < 4.78 is 10.6. The van der Waals surface area contributed by atoms with Crippen molar-refractivity contribution >= 4 is 35.2 Å². The van der Waals surface area contributed by atoms with E-state index in [0.717, 1.165) is 43.4 Å². The molecule has 3 amide bonds. The Morgan fingerprint density at radius 1 is 0.860 bits per heavy atom. The average molecular weight is 603 g/mol. The van der Waals surface area contributed by atoms with Crippen LogP contribution in [0.4, 0.5) is 10.5 Å². The highest BCUT2D eigenvalue weighted by atomic mass is 16.5. The molecule has 4 N–H and O–H groups in total. The Balaban J connectivity index is 2.07. The number of rotatable bonds is 23. The zero-order chi connectivity index (χ0) is 31.9. The van der Waals surface area contributed by atoms with Crippen molar-refractivity contribution in [1.82, 2.24) is 16.0 Å². The second-order valence-electron chi connectivity index (χ2n) is 10.3. The quantitative estimate of drug-likeness (QED) is 0.0831. The molecule has 0 aromatic heterocycles. The third-order valence-corrected chi connectivity index (χ3v) is 6.63. The van der Waals surface area contributed by atoms with Gasteiger partial charge in [0.15, 0.2) is 5.78 Å². The Morgan fingerprint density at radius 3 is 2.28 bits per heavy atom. The second kappa shape index (κ2) is 22.8. The fourth-order valence-electron chi connectivity index (χ4n) is 4.24. The molecule has 43 heavy (non-hydrogen) atoms. The summed E-state index contributed by atoms with van der Waals surface area (Å²) >= 11 is 0. The van der Waals surface area contributed by atoms with E-state index in [9.17, 15) is 24.0 Å². The smallest absolute Gasteiger partial charge is 0.407 e. The first-order chi connectivity index (χ1) is 20.7. The van der Waals surface area contributed by atoms with E-state index < -0.39 is 17.9 Å². The molecule has 11 heteroatoms. The maximum Gasteiger partial charge on any atom is 0.407 e. The van der Waals surface area contributed by atoms with E-state index in [2.05, 4.69) is 28.2 Å². The fourth-order valence-corrected chi connectivity index (χ4v) is 4.24. The van der Waals surface area contributed by atoms with Crippen molar-refractivity contribution in [3.63, 3.8) is 0 Å². The molecule has 240 valence electrons. The Kier molecular flexibility index (Phi) is 19.8. The van der Waals surface area contributed by atoms with Crippen LogP contribution in [0, 0.1) is 5.92 Å². The molecule has 1 aromatic rings. The van der Waals surface area contributed by atoms with Gasteiger partial charge in [0, 0.05) is 69.4 Å². The normalized spacial score (nSPS) is 11.8. The minimum absolute atomic E-state index is 0.0266. The number of amides is 3. The second-order valence-corrected chi connectivity index (χ2v) is 10.3. The maximum absolute atomic E-state index is 12.2. The molecule has 1 rings (SSSR count). The van der Waals surface area contributed by atoms with Crippen molar-refractivity contribution in [2.45, 2.75) is 78.6 Å². The van der Waals surface area contributed by atoms with Crippen LogP contribution in [-0.2, 0) is 35.1 Å². The van der Waals surface area contributed by atoms with Crippen LogP contribution in [0.1, 0.15) is 77.7 Å². The van der Waals surface area contributed by atoms with Gasteiger partial charge in [-0.15, -0.1) is 0 Å². The van der Waals surface area contributed by atoms with Gasteiger partial charge in [-0.05, 0) is 43.9 Å². The van der Waals surface area contributed by atoms with Gasteiger partial charge < -0.3 is 30.7 Å². The number of carbonyl (C=O) groups excluding carboxylic acids is 5. The zero-order valence-electron chi connectivity index (χ0n) is 26.2. The van der Waals surface area contributed by atoms with Crippen LogP contribution in [0.5, 0.6) is 0 Å². The van der Waals surface area contributed by atoms with Crippen LogP contribution in [0.3, 0.4) is 0 Å². The molecule has 0 bridgehead atoms. The number of ketones is 2. The van der Waals surface area contributed by atoms with Crippen LogP contribution in [0.15, 0.2) is 36.0 Å². The van der Waals surface area contributed by atoms with E-state index in [1.165, 1.54) is 0 Å². The third-order valence-electron chi connectivity index (χ3n) is 6.63. The monoisotopic (exact) mass is 602 g/mol. The summed E-state index contributed by atoms with van der Waals surface area (Å²) in [6.45, 7) is 7.40. The van der Waals surface area contributed by atoms with E-state index in [1.807, 2.05) is 13.8 Å². The summed E-state index contributed by atoms with van der Waals surface area (Å²) in [7, 11) is 1.75. The van der Waals surface area contributed by atoms with Crippen LogP contribution < -0.4 is 21.3 Å². The van der Waals surface area contributed by atoms with Gasteiger partial charge in [0.2, 0.25) is 11.8 Å². The van der Waals surface area contributed by atoms with Gasteiger partial charge in [-0.25, -0.2) is 4.79 Å². The van der Waals surface area contributed by atoms with Gasteiger partial charge in [-0.2, -0.15) is 0 Å². The molecule has 0 heterocycles. The first kappa shape index (κ1) is 37.3. The van der Waals surface area contributed by atoms with Crippen molar-refractivity contribution in [3.8, 4) is 0 Å². The first-order valence-corrected chi connectivity index (χ1v) is 15.2. The highest BCUT2D eigenvalue weighted by Crippen LogP contribution is 2.17. The standard InChI is InChI=1S/C32H50N4O7/c1-5-10-26(29(38)6-2)11-7-8-16-35-32(41)43-19-9-18-42-20-17-34-30(39)23-31(40)36-27-14-12-25(13-15-27)22-28(37)21-24(3)33-4/h12-15,21,26,33H,5-11,16-20,22-23H2,1-4H3,(H,34,39)(H,35,41)(H,36,40)/b24-21-. The molecule has 0 saturated heterocycles. The number of anilines is 1. The molecular weight excluding hydrogens is 552 g/mol. The molecule has 1 atom stereocenters. The van der Waals surface area contributed by atoms with E-state index in [4.69, 9.17) is 9.47 Å². The lowest BCUT2D eigenvalue weighted by molar-refractivity contribution is -0.127. The Labute approximate surface area is 255 Å². The predicted molar refractivity (Wildman–Crippen MR) is 167 cm³/mol. The molecule has 0 aliphatic rings. The number of carbonyl (C=O) groups is 5. The lowest BCUT2D eigenvalue weighted by Gasteiger charge is -2.14. The number of alkyl carbamates (subject to hydrolysis) is 1. The lowest BCUT2D eigenvalue weighted by atomic mass is 9.91. The Hall–Kier alpha value is -3.73. The summed E-state index contributed by atoms with van der Waals surface area (Å²) in [6.07, 6.45) is 6.56. The van der Waals surface area contributed by atoms with E-state index in [1.54, 1.807) is 37.4 Å². The SMILES string of the molecule is CCCC(CCCCNC(=O)OCCCOCCNC(=O)CC(=O)Nc1ccc(CC(=O)/C=C(/C)NC)cc1)C(=O)CC. The van der Waals surface area contributed by atoms with E-state index >= 15 is 0 Å². The number of allylic oxidation sites excluding steroid dienone is 2. The Bertz CT molecular complexity index is 1040. The molecule has 0 fully saturated rings. The van der Waals surface area contributed by atoms with Gasteiger partial charge in [0.25, 0.3) is 0 Å². The number of Topliss-reactive ketones (excluding diaryl/α,β-unsaturated/α-hetero) is 1. The molecule has 1 unspecified atom stereocenters. The first-order valence-electron chi connectivity index (χ1n) is 15.2. The van der Waals surface area contributed by atoms with Crippen molar-refractivity contribution in [1.29, 1.82) is 0 Å². The van der Waals surface area contributed by atoms with Crippen LogP contribution in [-0.4, -0.2) is 69.4 Å². The summed E-state index contributed by atoms with van der Waals surface area (Å²) in [5.74, 6) is -0.447. The number of hydrogen-bond acceptors (Lipinski definition) is 8. The number of benzene rings is 1. The van der Waals surface area contributed by atoms with E-state index in [0.29, 0.717) is 37.5 Å². The number of ether oxygens (including phenoxy) is 2. The summed E-state index contributed by atoms with van der Waals surface area (Å²) in [5, 5.41) is 10.9. The minimum atomic E-state index is -0.473. The van der Waals surface area contributed by atoms with Crippen molar-refractivity contribution < 1.29 is 33.4 Å². The lowest BCUT2D eigenvalue weighted by Crippen LogP contribution is -2.31. The molecule has 1 aromatic carbocycles. The van der Waals surface area contributed by atoms with Gasteiger partial charge in [0.1, 0.15) is 12.2 Å². The van der Waals surface area contributed by atoms with Crippen LogP contribution >= 0.6 is 0 Å². The van der Waals surface area contributed by atoms with Gasteiger partial charge >= 0.3 is 6.09 Å². The molecule has 0 aliphatic heterocycles. The molecule has 11 nitrogen and oxygen atoms in total. The summed E-state index contributed by atoms with van der Waals surface area (Å²) in [5.41, 5.74) is 2.14. The van der Waals surface area contributed by atoms with Crippen molar-refractivity contribution in [2.24, 2.45) is 5.92 Å². The van der Waals surface area contributed by atoms with E-state index in [-0.39, 0.29) is 44.3 Å². The van der Waals surface area contributed by atoms with Crippen LogP contribution in [0.2, 0.25) is 0 Å². The molecular formula is C32H50N4O7. The molecule has 0 spiro atoms. The van der Waals surface area contributed by atoms with Crippen molar-refractivity contribution in [3.05, 3.63) is 41.6 Å². The molecule has 0 saturated carbocycles. The highest BCUT2D eigenvalue weighted by molar-refractivity contribution is 6.03. The topological polar surface area (TPSA) is 152 Å². The van der Waals surface area contributed by atoms with Gasteiger partial charge in [0.05, 0.1) is 13.2 Å². The summed E-state index contributed by atoms with van der Waals surface area (Å²) in [6, 6.07) is 6.90.